The number of methoxy groups -OCH3 is 1. The van der Waals surface area contributed by atoms with E-state index in [9.17, 15) is 9.59 Å². The molecule has 1 rings (SSSR count). The molecule has 0 aromatic heterocycles. The molecule has 0 saturated carbocycles. The summed E-state index contributed by atoms with van der Waals surface area (Å²) >= 11 is 0. The lowest BCUT2D eigenvalue weighted by atomic mass is 10.1. The highest BCUT2D eigenvalue weighted by Crippen LogP contribution is 2.11. The summed E-state index contributed by atoms with van der Waals surface area (Å²) in [6.45, 7) is 1.40. The molecule has 0 spiro atoms. The Morgan fingerprint density at radius 2 is 1.73 bits per heavy atom. The Bertz CT molecular complexity index is 388. The summed E-state index contributed by atoms with van der Waals surface area (Å²) in [4.78, 5) is 22.1. The topological polar surface area (TPSA) is 43.4 Å². The monoisotopic (exact) mass is 204 g/mol. The molecule has 0 atom stereocenters. The Morgan fingerprint density at radius 3 is 2.20 bits per heavy atom. The van der Waals surface area contributed by atoms with Crippen molar-refractivity contribution >= 4 is 11.6 Å². The second-order valence-corrected chi connectivity index (χ2v) is 3.04. The average Bonchev–Trinajstić information content (AvgIpc) is 2.26. The van der Waals surface area contributed by atoms with E-state index in [-0.39, 0.29) is 11.6 Å². The lowest BCUT2D eigenvalue weighted by molar-refractivity contribution is -0.112. The van der Waals surface area contributed by atoms with Crippen LogP contribution in [0, 0.1) is 0 Å². The second kappa shape index (κ2) is 5.10. The lowest BCUT2D eigenvalue weighted by Gasteiger charge is -1.99. The fourth-order valence-corrected chi connectivity index (χ4v) is 1.04. The third kappa shape index (κ3) is 3.38. The van der Waals surface area contributed by atoms with Crippen LogP contribution in [0.25, 0.3) is 0 Å². The first-order valence-electron chi connectivity index (χ1n) is 4.50. The summed E-state index contributed by atoms with van der Waals surface area (Å²) in [5.41, 5.74) is 0.535. The smallest absolute Gasteiger partial charge is 0.185 e. The van der Waals surface area contributed by atoms with E-state index in [1.54, 1.807) is 31.4 Å². The van der Waals surface area contributed by atoms with E-state index in [1.165, 1.54) is 19.1 Å². The van der Waals surface area contributed by atoms with Gasteiger partial charge in [0.25, 0.3) is 0 Å². The summed E-state index contributed by atoms with van der Waals surface area (Å²) in [5, 5.41) is 0. The van der Waals surface area contributed by atoms with Crippen molar-refractivity contribution in [1.29, 1.82) is 0 Å². The molecule has 0 unspecified atom stereocenters. The van der Waals surface area contributed by atoms with E-state index in [0.29, 0.717) is 11.3 Å². The Balaban J connectivity index is 2.79. The molecule has 0 bridgehead atoms. The number of carbonyl (C=O) groups is 2. The van der Waals surface area contributed by atoms with Gasteiger partial charge in [-0.3, -0.25) is 9.59 Å². The maximum absolute atomic E-state index is 11.5. The van der Waals surface area contributed by atoms with Crippen LogP contribution in [0.3, 0.4) is 0 Å². The number of ketones is 2. The van der Waals surface area contributed by atoms with E-state index in [1.807, 2.05) is 0 Å². The van der Waals surface area contributed by atoms with Crippen molar-refractivity contribution in [2.75, 3.05) is 7.11 Å². The highest BCUT2D eigenvalue weighted by Gasteiger charge is 2.01. The summed E-state index contributed by atoms with van der Waals surface area (Å²) in [6, 6.07) is 6.72. The molecule has 0 aliphatic carbocycles. The normalized spacial score (nSPS) is 10.3. The standard InChI is InChI=1S/C12H12O3/c1-9(13)3-8-12(14)10-4-6-11(15-2)7-5-10/h3-8H,1-2H3/b8-3+. The molecule has 78 valence electrons. The minimum atomic E-state index is -0.187. The van der Waals surface area contributed by atoms with Crippen molar-refractivity contribution in [2.24, 2.45) is 0 Å². The molecular weight excluding hydrogens is 192 g/mol. The van der Waals surface area contributed by atoms with Crippen molar-refractivity contribution in [1.82, 2.24) is 0 Å². The Kier molecular flexibility index (Phi) is 3.80. The zero-order valence-corrected chi connectivity index (χ0v) is 8.69. The van der Waals surface area contributed by atoms with Crippen LogP contribution in [-0.4, -0.2) is 18.7 Å². The fraction of sp³-hybridized carbons (Fsp3) is 0.167. The van der Waals surface area contributed by atoms with Gasteiger partial charge in [-0.05, 0) is 43.3 Å². The number of allylic oxidation sites excluding steroid dienone is 2. The molecule has 0 amide bonds. The van der Waals surface area contributed by atoms with Crippen LogP contribution in [0.2, 0.25) is 0 Å². The molecule has 0 saturated heterocycles. The van der Waals surface area contributed by atoms with Crippen molar-refractivity contribution in [2.45, 2.75) is 6.92 Å². The van der Waals surface area contributed by atoms with Gasteiger partial charge >= 0.3 is 0 Å². The molecule has 3 nitrogen and oxygen atoms in total. The zero-order chi connectivity index (χ0) is 11.3. The van der Waals surface area contributed by atoms with Crippen LogP contribution in [0.1, 0.15) is 17.3 Å². The Labute approximate surface area is 88.4 Å². The molecule has 0 radical (unpaired) electrons. The minimum Gasteiger partial charge on any atom is -0.497 e. The van der Waals surface area contributed by atoms with Gasteiger partial charge in [0, 0.05) is 5.56 Å². The van der Waals surface area contributed by atoms with Gasteiger partial charge in [0.15, 0.2) is 11.6 Å². The highest BCUT2D eigenvalue weighted by molar-refractivity contribution is 6.07. The van der Waals surface area contributed by atoms with Crippen LogP contribution in [0.4, 0.5) is 0 Å². The van der Waals surface area contributed by atoms with Crippen LogP contribution >= 0.6 is 0 Å². The van der Waals surface area contributed by atoms with Crippen molar-refractivity contribution in [3.8, 4) is 5.75 Å². The molecule has 0 heterocycles. The molecule has 1 aromatic carbocycles. The number of rotatable bonds is 4. The Hall–Kier alpha value is -1.90. The van der Waals surface area contributed by atoms with Crippen LogP contribution in [0.5, 0.6) is 5.75 Å². The molecule has 3 heteroatoms. The zero-order valence-electron chi connectivity index (χ0n) is 8.69. The molecule has 15 heavy (non-hydrogen) atoms. The van der Waals surface area contributed by atoms with E-state index in [2.05, 4.69) is 0 Å². The molecule has 1 aromatic rings. The van der Waals surface area contributed by atoms with E-state index in [4.69, 9.17) is 4.74 Å². The molecule has 0 fully saturated rings. The first-order valence-corrected chi connectivity index (χ1v) is 4.50. The molecule has 0 N–H and O–H groups in total. The lowest BCUT2D eigenvalue weighted by Crippen LogP contribution is -1.95. The summed E-state index contributed by atoms with van der Waals surface area (Å²) in [6.07, 6.45) is 2.52. The number of hydrogen-bond acceptors (Lipinski definition) is 3. The third-order valence-corrected chi connectivity index (χ3v) is 1.84. The van der Waals surface area contributed by atoms with E-state index < -0.39 is 0 Å². The largest absolute Gasteiger partial charge is 0.497 e. The molecule has 0 aliphatic heterocycles. The van der Waals surface area contributed by atoms with Gasteiger partial charge in [-0.15, -0.1) is 0 Å². The number of benzene rings is 1. The Morgan fingerprint density at radius 1 is 1.13 bits per heavy atom. The van der Waals surface area contributed by atoms with Crippen LogP contribution < -0.4 is 4.74 Å². The first kappa shape index (κ1) is 11.2. The summed E-state index contributed by atoms with van der Waals surface area (Å²) in [7, 11) is 1.56. The molecule has 0 aliphatic rings. The highest BCUT2D eigenvalue weighted by atomic mass is 16.5. The molecular formula is C12H12O3. The minimum absolute atomic E-state index is 0.142. The quantitative estimate of drug-likeness (QED) is 0.556. The van der Waals surface area contributed by atoms with Gasteiger partial charge in [-0.2, -0.15) is 0 Å². The first-order chi connectivity index (χ1) is 7.13. The second-order valence-electron chi connectivity index (χ2n) is 3.04. The predicted octanol–water partition coefficient (Wildman–Crippen LogP) is 2.02. The van der Waals surface area contributed by atoms with E-state index in [0.717, 1.165) is 0 Å². The number of hydrogen-bond donors (Lipinski definition) is 0. The van der Waals surface area contributed by atoms with Gasteiger partial charge in [-0.25, -0.2) is 0 Å². The van der Waals surface area contributed by atoms with E-state index >= 15 is 0 Å². The van der Waals surface area contributed by atoms with Crippen LogP contribution in [0.15, 0.2) is 36.4 Å². The maximum Gasteiger partial charge on any atom is 0.185 e. The van der Waals surface area contributed by atoms with Gasteiger partial charge in [0.05, 0.1) is 7.11 Å². The van der Waals surface area contributed by atoms with Crippen molar-refractivity contribution in [3.05, 3.63) is 42.0 Å². The number of ether oxygens (including phenoxy) is 1. The van der Waals surface area contributed by atoms with Gasteiger partial charge in [0.1, 0.15) is 5.75 Å². The maximum atomic E-state index is 11.5. The van der Waals surface area contributed by atoms with Crippen LogP contribution in [-0.2, 0) is 4.79 Å². The van der Waals surface area contributed by atoms with Crippen molar-refractivity contribution in [3.63, 3.8) is 0 Å². The average molecular weight is 204 g/mol. The predicted molar refractivity (Wildman–Crippen MR) is 57.1 cm³/mol. The van der Waals surface area contributed by atoms with Crippen molar-refractivity contribution < 1.29 is 14.3 Å². The summed E-state index contributed by atoms with van der Waals surface area (Å²) in [5.74, 6) is 0.367. The third-order valence-electron chi connectivity index (χ3n) is 1.84. The SMILES string of the molecule is COc1ccc(C(=O)/C=C/C(C)=O)cc1. The van der Waals surface area contributed by atoms with Gasteiger partial charge in [-0.1, -0.05) is 0 Å². The fourth-order valence-electron chi connectivity index (χ4n) is 1.04. The number of carbonyl (C=O) groups excluding carboxylic acids is 2. The van der Waals surface area contributed by atoms with Gasteiger partial charge in [0.2, 0.25) is 0 Å². The van der Waals surface area contributed by atoms with Gasteiger partial charge < -0.3 is 4.74 Å². The summed E-state index contributed by atoms with van der Waals surface area (Å²) < 4.78 is 4.96.